The lowest BCUT2D eigenvalue weighted by Gasteiger charge is -2.45. The molecule has 0 amide bonds. The maximum Gasteiger partial charge on any atom is 0.00411 e. The van der Waals surface area contributed by atoms with Gasteiger partial charge in [-0.25, -0.2) is 0 Å². The highest BCUT2D eigenvalue weighted by molar-refractivity contribution is 5.03. The number of likely N-dealkylation sites (tertiary alicyclic amines) is 1. The average Bonchev–Trinajstić information content (AvgIpc) is 2.64. The van der Waals surface area contributed by atoms with Gasteiger partial charge in [0.1, 0.15) is 0 Å². The summed E-state index contributed by atoms with van der Waals surface area (Å²) in [4.78, 5) is 2.68. The number of hydrogen-bond acceptors (Lipinski definition) is 1. The number of nitrogens with zero attached hydrogens (tertiary/aromatic N) is 1. The lowest BCUT2D eigenvalue weighted by Crippen LogP contribution is -2.48. The zero-order valence-electron chi connectivity index (χ0n) is 9.56. The number of hydrogen-bond donors (Lipinski definition) is 0. The molecule has 1 heterocycles. The van der Waals surface area contributed by atoms with Crippen molar-refractivity contribution in [2.75, 3.05) is 13.1 Å². The summed E-state index contributed by atoms with van der Waals surface area (Å²) >= 11 is 0. The molecule has 1 nitrogen and oxygen atoms in total. The lowest BCUT2D eigenvalue weighted by molar-refractivity contribution is 0.0398. The molecular weight excluding hydrogens is 158 g/mol. The van der Waals surface area contributed by atoms with E-state index < -0.39 is 0 Å². The highest BCUT2D eigenvalue weighted by Gasteiger charge is 2.50. The van der Waals surface area contributed by atoms with Gasteiger partial charge in [0.25, 0.3) is 0 Å². The summed E-state index contributed by atoms with van der Waals surface area (Å²) in [6.45, 7) is 12.2. The number of rotatable bonds is 1. The lowest BCUT2D eigenvalue weighted by atomic mass is 9.76. The third-order valence-corrected chi connectivity index (χ3v) is 3.71. The molecule has 1 heteroatoms. The van der Waals surface area contributed by atoms with Crippen LogP contribution in [0.1, 0.15) is 47.0 Å². The SMILES string of the molecule is CC(C)N1CC(C)(C)CC2(CC2)C1. The topological polar surface area (TPSA) is 3.24 Å². The van der Waals surface area contributed by atoms with Crippen LogP contribution in [0.5, 0.6) is 0 Å². The minimum Gasteiger partial charge on any atom is -0.300 e. The molecule has 0 radical (unpaired) electrons. The van der Waals surface area contributed by atoms with Gasteiger partial charge >= 0.3 is 0 Å². The van der Waals surface area contributed by atoms with Crippen molar-refractivity contribution in [3.8, 4) is 0 Å². The van der Waals surface area contributed by atoms with Crippen LogP contribution in [0.2, 0.25) is 0 Å². The van der Waals surface area contributed by atoms with Crippen molar-refractivity contribution in [3.05, 3.63) is 0 Å². The standard InChI is InChI=1S/C12H23N/c1-10(2)13-8-11(3,4)7-12(9-13)5-6-12/h10H,5-9H2,1-4H3. The van der Waals surface area contributed by atoms with E-state index in [1.54, 1.807) is 0 Å². The fourth-order valence-electron chi connectivity index (χ4n) is 3.04. The van der Waals surface area contributed by atoms with Crippen molar-refractivity contribution < 1.29 is 0 Å². The fraction of sp³-hybridized carbons (Fsp3) is 1.00. The third-order valence-electron chi connectivity index (χ3n) is 3.71. The molecule has 1 saturated heterocycles. The van der Waals surface area contributed by atoms with Gasteiger partial charge < -0.3 is 0 Å². The first kappa shape index (κ1) is 9.51. The van der Waals surface area contributed by atoms with Gasteiger partial charge in [-0.15, -0.1) is 0 Å². The van der Waals surface area contributed by atoms with E-state index in [9.17, 15) is 0 Å². The maximum atomic E-state index is 2.68. The van der Waals surface area contributed by atoms with Crippen LogP contribution < -0.4 is 0 Å². The molecule has 1 saturated carbocycles. The van der Waals surface area contributed by atoms with E-state index in [1.807, 2.05) is 0 Å². The maximum absolute atomic E-state index is 2.68. The highest BCUT2D eigenvalue weighted by Crippen LogP contribution is 2.56. The molecule has 2 aliphatic rings. The first-order valence-electron chi connectivity index (χ1n) is 5.67. The molecule has 2 fully saturated rings. The zero-order valence-corrected chi connectivity index (χ0v) is 9.56. The van der Waals surface area contributed by atoms with Gasteiger partial charge in [0, 0.05) is 19.1 Å². The predicted octanol–water partition coefficient (Wildman–Crippen LogP) is 2.91. The van der Waals surface area contributed by atoms with Gasteiger partial charge in [-0.3, -0.25) is 4.90 Å². The first-order valence-corrected chi connectivity index (χ1v) is 5.67. The summed E-state index contributed by atoms with van der Waals surface area (Å²) in [7, 11) is 0. The Balaban J connectivity index is 2.08. The minimum atomic E-state index is 0.555. The Labute approximate surface area is 82.5 Å². The Morgan fingerprint density at radius 2 is 1.69 bits per heavy atom. The van der Waals surface area contributed by atoms with Crippen molar-refractivity contribution in [2.24, 2.45) is 10.8 Å². The molecule has 2 rings (SSSR count). The summed E-state index contributed by atoms with van der Waals surface area (Å²) < 4.78 is 0. The summed E-state index contributed by atoms with van der Waals surface area (Å²) in [5.41, 5.74) is 1.30. The van der Waals surface area contributed by atoms with Gasteiger partial charge in [0.15, 0.2) is 0 Å². The summed E-state index contributed by atoms with van der Waals surface area (Å²) in [6.07, 6.45) is 4.43. The Morgan fingerprint density at radius 1 is 1.08 bits per heavy atom. The molecule has 0 aromatic carbocycles. The van der Waals surface area contributed by atoms with Gasteiger partial charge in [-0.2, -0.15) is 0 Å². The van der Waals surface area contributed by atoms with Gasteiger partial charge in [0.05, 0.1) is 0 Å². The van der Waals surface area contributed by atoms with Crippen molar-refractivity contribution in [1.82, 2.24) is 4.90 Å². The van der Waals surface area contributed by atoms with E-state index in [0.717, 1.165) is 11.5 Å². The summed E-state index contributed by atoms with van der Waals surface area (Å²) in [6, 6.07) is 0.733. The van der Waals surface area contributed by atoms with Crippen molar-refractivity contribution in [1.29, 1.82) is 0 Å². The molecule has 1 spiro atoms. The van der Waals surface area contributed by atoms with E-state index in [2.05, 4.69) is 32.6 Å². The second-order valence-electron chi connectivity index (χ2n) is 6.34. The van der Waals surface area contributed by atoms with Crippen LogP contribution in [0, 0.1) is 10.8 Å². The Morgan fingerprint density at radius 3 is 2.15 bits per heavy atom. The van der Waals surface area contributed by atoms with E-state index in [-0.39, 0.29) is 0 Å². The molecule has 0 aromatic rings. The summed E-state index contributed by atoms with van der Waals surface area (Å²) in [5, 5.41) is 0. The molecule has 0 unspecified atom stereocenters. The van der Waals surface area contributed by atoms with Crippen LogP contribution in [0.15, 0.2) is 0 Å². The van der Waals surface area contributed by atoms with Crippen LogP contribution in [0.4, 0.5) is 0 Å². The molecule has 76 valence electrons. The minimum absolute atomic E-state index is 0.555. The Kier molecular flexibility index (Phi) is 1.99. The van der Waals surface area contributed by atoms with E-state index >= 15 is 0 Å². The van der Waals surface area contributed by atoms with E-state index in [4.69, 9.17) is 0 Å². The van der Waals surface area contributed by atoms with Crippen LogP contribution in [-0.2, 0) is 0 Å². The van der Waals surface area contributed by atoms with Crippen LogP contribution in [0.3, 0.4) is 0 Å². The van der Waals surface area contributed by atoms with E-state index in [1.165, 1.54) is 32.4 Å². The van der Waals surface area contributed by atoms with Crippen molar-refractivity contribution in [3.63, 3.8) is 0 Å². The van der Waals surface area contributed by atoms with Crippen LogP contribution >= 0.6 is 0 Å². The predicted molar refractivity (Wildman–Crippen MR) is 56.8 cm³/mol. The second-order valence-corrected chi connectivity index (χ2v) is 6.34. The third kappa shape index (κ3) is 1.90. The molecule has 0 bridgehead atoms. The molecule has 1 aliphatic carbocycles. The molecule has 0 aromatic heterocycles. The molecular formula is C12H23N. The molecule has 1 aliphatic heterocycles. The average molecular weight is 181 g/mol. The van der Waals surface area contributed by atoms with Crippen molar-refractivity contribution >= 4 is 0 Å². The van der Waals surface area contributed by atoms with Crippen molar-refractivity contribution in [2.45, 2.75) is 53.0 Å². The van der Waals surface area contributed by atoms with Gasteiger partial charge in [-0.05, 0) is 43.9 Å². The monoisotopic (exact) mass is 181 g/mol. The largest absolute Gasteiger partial charge is 0.300 e. The van der Waals surface area contributed by atoms with Crippen LogP contribution in [0.25, 0.3) is 0 Å². The zero-order chi connectivity index (χ0) is 9.69. The molecule has 13 heavy (non-hydrogen) atoms. The molecule has 0 atom stereocenters. The van der Waals surface area contributed by atoms with Crippen LogP contribution in [-0.4, -0.2) is 24.0 Å². The fourth-order valence-corrected chi connectivity index (χ4v) is 3.04. The highest BCUT2D eigenvalue weighted by atomic mass is 15.2. The number of piperidine rings is 1. The Hall–Kier alpha value is -0.0400. The quantitative estimate of drug-likeness (QED) is 0.601. The van der Waals surface area contributed by atoms with Gasteiger partial charge in [-0.1, -0.05) is 13.8 Å². The molecule has 0 N–H and O–H groups in total. The smallest absolute Gasteiger partial charge is 0.00411 e. The first-order chi connectivity index (χ1) is 5.93. The van der Waals surface area contributed by atoms with Gasteiger partial charge in [0.2, 0.25) is 0 Å². The second kappa shape index (κ2) is 2.73. The normalized spacial score (nSPS) is 31.2. The summed E-state index contributed by atoms with van der Waals surface area (Å²) in [5.74, 6) is 0. The Bertz CT molecular complexity index is 195. The van der Waals surface area contributed by atoms with E-state index in [0.29, 0.717) is 5.41 Å².